The Morgan fingerprint density at radius 1 is 1.45 bits per heavy atom. The third kappa shape index (κ3) is 3.46. The first-order valence-corrected chi connectivity index (χ1v) is 7.08. The van der Waals surface area contributed by atoms with Crippen molar-refractivity contribution in [3.05, 3.63) is 23.8 Å². The summed E-state index contributed by atoms with van der Waals surface area (Å²) in [7, 11) is 1.99. The molecule has 0 aliphatic carbocycles. The molecule has 0 radical (unpaired) electrons. The highest BCUT2D eigenvalue weighted by molar-refractivity contribution is 5.44. The molecule has 0 saturated heterocycles. The van der Waals surface area contributed by atoms with Gasteiger partial charge in [-0.05, 0) is 33.9 Å². The number of rotatable bonds is 4. The van der Waals surface area contributed by atoms with E-state index in [1.165, 1.54) is 5.56 Å². The Bertz CT molecular complexity index is 526. The van der Waals surface area contributed by atoms with Gasteiger partial charge in [0.2, 0.25) is 0 Å². The van der Waals surface area contributed by atoms with Gasteiger partial charge in [0.1, 0.15) is 17.1 Å². The zero-order valence-corrected chi connectivity index (χ0v) is 12.7. The number of ether oxygens (including phenoxy) is 2. The van der Waals surface area contributed by atoms with Crippen LogP contribution in [0.5, 0.6) is 11.5 Å². The van der Waals surface area contributed by atoms with Crippen LogP contribution in [0.3, 0.4) is 0 Å². The molecule has 0 spiro atoms. The van der Waals surface area contributed by atoms with E-state index < -0.39 is 0 Å². The lowest BCUT2D eigenvalue weighted by Crippen LogP contribution is -2.38. The monoisotopic (exact) mass is 273 g/mol. The maximum Gasteiger partial charge on any atom is 0.128 e. The highest BCUT2D eigenvalue weighted by Gasteiger charge is 2.33. The van der Waals surface area contributed by atoms with Crippen LogP contribution in [-0.4, -0.2) is 19.3 Å². The summed E-state index contributed by atoms with van der Waals surface area (Å²) in [5, 5.41) is 3.36. The van der Waals surface area contributed by atoms with Gasteiger partial charge in [-0.15, -0.1) is 11.8 Å². The summed E-state index contributed by atoms with van der Waals surface area (Å²) >= 11 is 0. The van der Waals surface area contributed by atoms with Gasteiger partial charge in [-0.3, -0.25) is 0 Å². The maximum absolute atomic E-state index is 6.07. The van der Waals surface area contributed by atoms with Gasteiger partial charge in [0.05, 0.1) is 6.61 Å². The highest BCUT2D eigenvalue weighted by Crippen LogP contribution is 2.40. The lowest BCUT2D eigenvalue weighted by Gasteiger charge is -2.37. The lowest BCUT2D eigenvalue weighted by atomic mass is 9.90. The van der Waals surface area contributed by atoms with Gasteiger partial charge in [-0.2, -0.15) is 0 Å². The summed E-state index contributed by atoms with van der Waals surface area (Å²) in [6.45, 7) is 6.68. The van der Waals surface area contributed by atoms with Crippen LogP contribution in [0.2, 0.25) is 0 Å². The van der Waals surface area contributed by atoms with E-state index in [1.807, 2.05) is 26.1 Å². The van der Waals surface area contributed by atoms with E-state index in [9.17, 15) is 0 Å². The van der Waals surface area contributed by atoms with Crippen molar-refractivity contribution < 1.29 is 9.47 Å². The molecule has 0 amide bonds. The number of benzene rings is 1. The highest BCUT2D eigenvalue weighted by atomic mass is 16.5. The zero-order chi connectivity index (χ0) is 14.6. The summed E-state index contributed by atoms with van der Waals surface area (Å²) in [6, 6.07) is 6.41. The molecule has 0 saturated carbocycles. The third-order valence-electron chi connectivity index (χ3n) is 3.46. The molecule has 1 aliphatic heterocycles. The Hall–Kier alpha value is -1.66. The Morgan fingerprint density at radius 2 is 2.25 bits per heavy atom. The predicted molar refractivity (Wildman–Crippen MR) is 81.1 cm³/mol. The first kappa shape index (κ1) is 14.7. The van der Waals surface area contributed by atoms with Crippen LogP contribution < -0.4 is 14.8 Å². The molecule has 1 aromatic rings. The van der Waals surface area contributed by atoms with E-state index in [0.717, 1.165) is 24.3 Å². The van der Waals surface area contributed by atoms with Crippen LogP contribution in [0.1, 0.15) is 45.2 Å². The predicted octanol–water partition coefficient (Wildman–Crippen LogP) is 3.30. The Balaban J connectivity index is 2.14. The van der Waals surface area contributed by atoms with Crippen LogP contribution >= 0.6 is 0 Å². The molecule has 0 fully saturated rings. The second-order valence-corrected chi connectivity index (χ2v) is 5.63. The standard InChI is InChI=1S/C17H23NO2/c1-5-6-7-10-19-13-8-9-14-15(18-4)12-17(2,3)20-16(14)11-13/h8-9,11,15,18H,7,10,12H2,1-4H3. The first-order valence-electron chi connectivity index (χ1n) is 7.08. The second-order valence-electron chi connectivity index (χ2n) is 5.63. The summed E-state index contributed by atoms with van der Waals surface area (Å²) < 4.78 is 11.8. The Labute approximate surface area is 121 Å². The molecule has 1 unspecified atom stereocenters. The molecule has 0 aromatic heterocycles. The van der Waals surface area contributed by atoms with E-state index in [4.69, 9.17) is 9.47 Å². The van der Waals surface area contributed by atoms with E-state index in [2.05, 4.69) is 37.1 Å². The van der Waals surface area contributed by atoms with Crippen molar-refractivity contribution in [2.75, 3.05) is 13.7 Å². The number of nitrogens with one attached hydrogen (secondary N) is 1. The molecule has 0 bridgehead atoms. The molecule has 1 heterocycles. The molecule has 2 rings (SSSR count). The molecule has 1 atom stereocenters. The van der Waals surface area contributed by atoms with E-state index in [-0.39, 0.29) is 5.60 Å². The largest absolute Gasteiger partial charge is 0.492 e. The van der Waals surface area contributed by atoms with Crippen LogP contribution in [0.25, 0.3) is 0 Å². The van der Waals surface area contributed by atoms with Crippen molar-refractivity contribution in [3.63, 3.8) is 0 Å². The summed E-state index contributed by atoms with van der Waals surface area (Å²) in [6.07, 6.45) is 1.71. The molecule has 108 valence electrons. The smallest absolute Gasteiger partial charge is 0.128 e. The van der Waals surface area contributed by atoms with Crippen LogP contribution in [0, 0.1) is 11.8 Å². The van der Waals surface area contributed by atoms with Gasteiger partial charge >= 0.3 is 0 Å². The van der Waals surface area contributed by atoms with Gasteiger partial charge in [0.25, 0.3) is 0 Å². The number of hydrogen-bond acceptors (Lipinski definition) is 3. The normalized spacial score (nSPS) is 19.3. The quantitative estimate of drug-likeness (QED) is 0.674. The van der Waals surface area contributed by atoms with Crippen molar-refractivity contribution in [1.82, 2.24) is 5.32 Å². The minimum atomic E-state index is -0.160. The van der Waals surface area contributed by atoms with E-state index in [1.54, 1.807) is 0 Å². The fraction of sp³-hybridized carbons (Fsp3) is 0.529. The van der Waals surface area contributed by atoms with Gasteiger partial charge in [0.15, 0.2) is 0 Å². The molecule has 1 aliphatic rings. The number of fused-ring (bicyclic) bond motifs is 1. The molecule has 3 nitrogen and oxygen atoms in total. The summed E-state index contributed by atoms with van der Waals surface area (Å²) in [5.41, 5.74) is 1.04. The third-order valence-corrected chi connectivity index (χ3v) is 3.46. The Kier molecular flexibility index (Phi) is 4.57. The number of hydrogen-bond donors (Lipinski definition) is 1. The fourth-order valence-electron chi connectivity index (χ4n) is 2.52. The Morgan fingerprint density at radius 3 is 2.95 bits per heavy atom. The van der Waals surface area contributed by atoms with E-state index in [0.29, 0.717) is 12.6 Å². The topological polar surface area (TPSA) is 30.5 Å². The maximum atomic E-state index is 6.07. The van der Waals surface area contributed by atoms with Gasteiger partial charge in [0, 0.05) is 30.5 Å². The van der Waals surface area contributed by atoms with Crippen LogP contribution in [-0.2, 0) is 0 Å². The van der Waals surface area contributed by atoms with Crippen molar-refractivity contribution in [2.24, 2.45) is 0 Å². The molecule has 20 heavy (non-hydrogen) atoms. The van der Waals surface area contributed by atoms with Gasteiger partial charge < -0.3 is 14.8 Å². The van der Waals surface area contributed by atoms with E-state index >= 15 is 0 Å². The molecule has 3 heteroatoms. The lowest BCUT2D eigenvalue weighted by molar-refractivity contribution is 0.0671. The minimum absolute atomic E-state index is 0.160. The minimum Gasteiger partial charge on any atom is -0.492 e. The van der Waals surface area contributed by atoms with Crippen LogP contribution in [0.4, 0.5) is 0 Å². The second kappa shape index (κ2) is 6.19. The van der Waals surface area contributed by atoms with Crippen molar-refractivity contribution in [3.8, 4) is 23.3 Å². The molecule has 1 N–H and O–H groups in total. The average molecular weight is 273 g/mol. The summed E-state index contributed by atoms with van der Waals surface area (Å²) in [5.74, 6) is 7.62. The SMILES string of the molecule is CC#CCCOc1ccc2c(c1)OC(C)(C)CC2NC. The zero-order valence-electron chi connectivity index (χ0n) is 12.7. The average Bonchev–Trinajstić information content (AvgIpc) is 2.41. The van der Waals surface area contributed by atoms with Crippen molar-refractivity contribution in [1.29, 1.82) is 0 Å². The molecular weight excluding hydrogens is 250 g/mol. The van der Waals surface area contributed by atoms with Gasteiger partial charge in [-0.1, -0.05) is 6.07 Å². The van der Waals surface area contributed by atoms with Crippen molar-refractivity contribution in [2.45, 2.75) is 45.3 Å². The molecular formula is C17H23NO2. The first-order chi connectivity index (χ1) is 9.55. The fourth-order valence-corrected chi connectivity index (χ4v) is 2.52. The van der Waals surface area contributed by atoms with Crippen LogP contribution in [0.15, 0.2) is 18.2 Å². The molecule has 1 aromatic carbocycles. The van der Waals surface area contributed by atoms with Crippen molar-refractivity contribution >= 4 is 0 Å². The summed E-state index contributed by atoms with van der Waals surface area (Å²) in [4.78, 5) is 0. The van der Waals surface area contributed by atoms with Gasteiger partial charge in [-0.25, -0.2) is 0 Å².